The Labute approximate surface area is 102 Å². The van der Waals surface area contributed by atoms with Gasteiger partial charge in [-0.1, -0.05) is 17.7 Å². The van der Waals surface area contributed by atoms with Gasteiger partial charge in [0.05, 0.1) is 0 Å². The molecular weight excluding hydrogens is 236 g/mol. The second-order valence-electron chi connectivity index (χ2n) is 3.80. The monoisotopic (exact) mass is 248 g/mol. The normalized spacial score (nSPS) is 10.5. The van der Waals surface area contributed by atoms with E-state index in [-0.39, 0.29) is 5.56 Å². The SMILES string of the molecule is Cc1ccc(Sn2ccc(=O)[nH]c2=O)c(C)c1. The van der Waals surface area contributed by atoms with Crippen LogP contribution in [0.25, 0.3) is 0 Å². The van der Waals surface area contributed by atoms with E-state index in [2.05, 4.69) is 11.1 Å². The number of aryl methyl sites for hydroxylation is 2. The molecule has 4 nitrogen and oxygen atoms in total. The minimum absolute atomic E-state index is 0.382. The molecule has 0 saturated heterocycles. The molecular formula is C12H12N2O2S. The second kappa shape index (κ2) is 4.63. The summed E-state index contributed by atoms with van der Waals surface area (Å²) in [6.45, 7) is 4.01. The molecule has 0 spiro atoms. The van der Waals surface area contributed by atoms with Crippen LogP contribution < -0.4 is 11.2 Å². The molecule has 0 radical (unpaired) electrons. The molecule has 5 heteroatoms. The Hall–Kier alpha value is -1.75. The van der Waals surface area contributed by atoms with E-state index in [9.17, 15) is 9.59 Å². The third kappa shape index (κ3) is 2.68. The van der Waals surface area contributed by atoms with Crippen molar-refractivity contribution in [1.29, 1.82) is 0 Å². The van der Waals surface area contributed by atoms with Gasteiger partial charge in [0.25, 0.3) is 5.56 Å². The van der Waals surface area contributed by atoms with Gasteiger partial charge in [-0.05, 0) is 37.4 Å². The Morgan fingerprint density at radius 2 is 1.94 bits per heavy atom. The van der Waals surface area contributed by atoms with Gasteiger partial charge in [-0.3, -0.25) is 9.78 Å². The molecule has 0 amide bonds. The maximum atomic E-state index is 11.5. The zero-order valence-corrected chi connectivity index (χ0v) is 10.4. The molecule has 0 bridgehead atoms. The Balaban J connectivity index is 2.38. The summed E-state index contributed by atoms with van der Waals surface area (Å²) in [7, 11) is 0. The van der Waals surface area contributed by atoms with Crippen LogP contribution in [0.1, 0.15) is 11.1 Å². The summed E-state index contributed by atoms with van der Waals surface area (Å²) < 4.78 is 1.40. The first-order chi connectivity index (χ1) is 8.06. The first-order valence-corrected chi connectivity index (χ1v) is 5.91. The van der Waals surface area contributed by atoms with E-state index in [1.165, 1.54) is 33.7 Å². The van der Waals surface area contributed by atoms with Crippen molar-refractivity contribution in [1.82, 2.24) is 8.96 Å². The quantitative estimate of drug-likeness (QED) is 0.880. The average molecular weight is 248 g/mol. The van der Waals surface area contributed by atoms with E-state index in [1.807, 2.05) is 26.0 Å². The topological polar surface area (TPSA) is 54.9 Å². The minimum atomic E-state index is -0.414. The fourth-order valence-electron chi connectivity index (χ4n) is 1.48. The molecule has 0 aliphatic rings. The van der Waals surface area contributed by atoms with Crippen molar-refractivity contribution in [2.75, 3.05) is 0 Å². The maximum Gasteiger partial charge on any atom is 0.338 e. The molecule has 1 aromatic heterocycles. The number of rotatable bonds is 2. The van der Waals surface area contributed by atoms with Gasteiger partial charge in [0, 0.05) is 17.2 Å². The van der Waals surface area contributed by atoms with Crippen molar-refractivity contribution in [2.24, 2.45) is 0 Å². The van der Waals surface area contributed by atoms with Crippen molar-refractivity contribution >= 4 is 11.9 Å². The van der Waals surface area contributed by atoms with Crippen molar-refractivity contribution < 1.29 is 0 Å². The summed E-state index contributed by atoms with van der Waals surface area (Å²) in [5, 5.41) is 0. The number of hydrogen-bond acceptors (Lipinski definition) is 3. The summed E-state index contributed by atoms with van der Waals surface area (Å²) in [6, 6.07) is 7.34. The predicted molar refractivity (Wildman–Crippen MR) is 68.5 cm³/mol. The number of aromatic nitrogens is 2. The molecule has 0 saturated carbocycles. The number of aromatic amines is 1. The Bertz CT molecular complexity index is 658. The number of nitrogens with zero attached hydrogens (tertiary/aromatic N) is 1. The van der Waals surface area contributed by atoms with Gasteiger partial charge in [-0.15, -0.1) is 0 Å². The molecule has 0 fully saturated rings. The summed E-state index contributed by atoms with van der Waals surface area (Å²) >= 11 is 1.29. The van der Waals surface area contributed by atoms with Crippen molar-refractivity contribution in [3.05, 3.63) is 62.4 Å². The zero-order valence-electron chi connectivity index (χ0n) is 9.56. The molecule has 2 rings (SSSR count). The first-order valence-electron chi connectivity index (χ1n) is 5.14. The van der Waals surface area contributed by atoms with Crippen LogP contribution in [-0.4, -0.2) is 8.96 Å². The molecule has 17 heavy (non-hydrogen) atoms. The number of H-pyrrole nitrogens is 1. The lowest BCUT2D eigenvalue weighted by molar-refractivity contribution is 0.986. The number of benzene rings is 1. The molecule has 88 valence electrons. The van der Waals surface area contributed by atoms with Gasteiger partial charge in [-0.25, -0.2) is 8.77 Å². The van der Waals surface area contributed by atoms with Crippen LogP contribution in [0.5, 0.6) is 0 Å². The molecule has 0 aliphatic carbocycles. The lowest BCUT2D eigenvalue weighted by Gasteiger charge is -2.07. The molecule has 2 aromatic rings. The lowest BCUT2D eigenvalue weighted by Crippen LogP contribution is -2.25. The van der Waals surface area contributed by atoms with Crippen LogP contribution in [0.4, 0.5) is 0 Å². The average Bonchev–Trinajstić information content (AvgIpc) is 2.25. The smallest absolute Gasteiger partial charge is 0.273 e. The summed E-state index contributed by atoms with van der Waals surface area (Å²) in [5.41, 5.74) is 1.49. The molecule has 1 heterocycles. The van der Waals surface area contributed by atoms with Gasteiger partial charge in [0.15, 0.2) is 0 Å². The Morgan fingerprint density at radius 1 is 1.18 bits per heavy atom. The van der Waals surface area contributed by atoms with Crippen molar-refractivity contribution in [2.45, 2.75) is 18.7 Å². The Kier molecular flexibility index (Phi) is 3.19. The third-order valence-electron chi connectivity index (χ3n) is 2.32. The van der Waals surface area contributed by atoms with Gasteiger partial charge in [0.1, 0.15) is 0 Å². The van der Waals surface area contributed by atoms with E-state index in [1.54, 1.807) is 0 Å². The van der Waals surface area contributed by atoms with Gasteiger partial charge >= 0.3 is 5.69 Å². The van der Waals surface area contributed by atoms with Gasteiger partial charge in [-0.2, -0.15) is 0 Å². The first kappa shape index (κ1) is 11.7. The summed E-state index contributed by atoms with van der Waals surface area (Å²) in [4.78, 5) is 25.6. The fraction of sp³-hybridized carbons (Fsp3) is 0.167. The van der Waals surface area contributed by atoms with E-state index in [0.717, 1.165) is 10.5 Å². The summed E-state index contributed by atoms with van der Waals surface area (Å²) in [5.74, 6) is 0. The third-order valence-corrected chi connectivity index (χ3v) is 3.46. The number of nitrogens with one attached hydrogen (secondary N) is 1. The van der Waals surface area contributed by atoms with Crippen molar-refractivity contribution in [3.8, 4) is 0 Å². The van der Waals surface area contributed by atoms with E-state index in [4.69, 9.17) is 0 Å². The predicted octanol–water partition coefficient (Wildman–Crippen LogP) is 1.71. The van der Waals surface area contributed by atoms with E-state index in [0.29, 0.717) is 0 Å². The summed E-state index contributed by atoms with van der Waals surface area (Å²) in [6.07, 6.45) is 1.48. The van der Waals surface area contributed by atoms with E-state index >= 15 is 0 Å². The maximum absolute atomic E-state index is 11.5. The highest BCUT2D eigenvalue weighted by Crippen LogP contribution is 2.22. The second-order valence-corrected chi connectivity index (χ2v) is 4.81. The van der Waals surface area contributed by atoms with Crippen LogP contribution in [-0.2, 0) is 0 Å². The number of hydrogen-bond donors (Lipinski definition) is 1. The highest BCUT2D eigenvalue weighted by atomic mass is 32.2. The highest BCUT2D eigenvalue weighted by Gasteiger charge is 2.03. The van der Waals surface area contributed by atoms with Gasteiger partial charge in [0.2, 0.25) is 0 Å². The van der Waals surface area contributed by atoms with Crippen molar-refractivity contribution in [3.63, 3.8) is 0 Å². The molecule has 1 aromatic carbocycles. The van der Waals surface area contributed by atoms with E-state index < -0.39 is 5.69 Å². The zero-order chi connectivity index (χ0) is 12.4. The molecule has 1 N–H and O–H groups in total. The molecule has 0 unspecified atom stereocenters. The largest absolute Gasteiger partial charge is 0.338 e. The van der Waals surface area contributed by atoms with Crippen LogP contribution >= 0.6 is 11.9 Å². The molecule has 0 atom stereocenters. The minimum Gasteiger partial charge on any atom is -0.273 e. The Morgan fingerprint density at radius 3 is 2.59 bits per heavy atom. The lowest BCUT2D eigenvalue weighted by atomic mass is 10.2. The fourth-order valence-corrected chi connectivity index (χ4v) is 2.28. The van der Waals surface area contributed by atoms with Gasteiger partial charge < -0.3 is 0 Å². The van der Waals surface area contributed by atoms with Crippen LogP contribution in [0.2, 0.25) is 0 Å². The van der Waals surface area contributed by atoms with Crippen LogP contribution in [0, 0.1) is 13.8 Å². The van der Waals surface area contributed by atoms with Crippen LogP contribution in [0.3, 0.4) is 0 Å². The van der Waals surface area contributed by atoms with Crippen LogP contribution in [0.15, 0.2) is 44.9 Å². The molecule has 0 aliphatic heterocycles. The highest BCUT2D eigenvalue weighted by molar-refractivity contribution is 7.97. The standard InChI is InChI=1S/C12H12N2O2S/c1-8-3-4-10(9(2)7-8)17-14-6-5-11(15)13-12(14)16/h3-7H,1-2H3,(H,13,15,16).